The Bertz CT molecular complexity index is 414. The number of amides is 1. The van der Waals surface area contributed by atoms with Crippen LogP contribution in [0.25, 0.3) is 0 Å². The number of carbonyl (C=O) groups excluding carboxylic acids is 1. The molecule has 1 aromatic heterocycles. The van der Waals surface area contributed by atoms with E-state index in [1.54, 1.807) is 13.2 Å². The molecule has 0 aliphatic heterocycles. The van der Waals surface area contributed by atoms with Crippen molar-refractivity contribution in [2.75, 3.05) is 0 Å². The maximum Gasteiger partial charge on any atom is 0.331 e. The Balaban J connectivity index is 2.59. The maximum absolute atomic E-state index is 11.6. The highest BCUT2D eigenvalue weighted by Crippen LogP contribution is 2.12. The maximum atomic E-state index is 11.6. The van der Waals surface area contributed by atoms with Crippen molar-refractivity contribution >= 4 is 11.9 Å². The number of carbonyl (C=O) groups is 2. The van der Waals surface area contributed by atoms with Gasteiger partial charge < -0.3 is 10.4 Å². The van der Waals surface area contributed by atoms with Gasteiger partial charge in [-0.25, -0.2) is 4.79 Å². The van der Waals surface area contributed by atoms with Crippen LogP contribution in [0.1, 0.15) is 44.2 Å². The normalized spacial score (nSPS) is 12.1. The van der Waals surface area contributed by atoms with Gasteiger partial charge in [0.2, 0.25) is 5.91 Å². The highest BCUT2D eigenvalue weighted by molar-refractivity contribution is 5.84. The Labute approximate surface area is 106 Å². The SMILES string of the molecule is CCCCCC(=O)NC(C(=O)O)c1cnn(C)c1. The van der Waals surface area contributed by atoms with Crippen LogP contribution >= 0.6 is 0 Å². The number of aromatic nitrogens is 2. The van der Waals surface area contributed by atoms with Crippen molar-refractivity contribution < 1.29 is 14.7 Å². The van der Waals surface area contributed by atoms with Crippen LogP contribution in [0, 0.1) is 0 Å². The molecular formula is C12H19N3O3. The van der Waals surface area contributed by atoms with E-state index >= 15 is 0 Å². The molecule has 0 fully saturated rings. The third kappa shape index (κ3) is 4.20. The number of aliphatic carboxylic acids is 1. The van der Waals surface area contributed by atoms with Crippen molar-refractivity contribution in [1.29, 1.82) is 0 Å². The summed E-state index contributed by atoms with van der Waals surface area (Å²) in [6.45, 7) is 2.05. The van der Waals surface area contributed by atoms with Crippen molar-refractivity contribution in [3.05, 3.63) is 18.0 Å². The molecule has 1 atom stereocenters. The Morgan fingerprint density at radius 1 is 1.50 bits per heavy atom. The Morgan fingerprint density at radius 2 is 2.22 bits per heavy atom. The molecule has 1 unspecified atom stereocenters. The summed E-state index contributed by atoms with van der Waals surface area (Å²) in [5.41, 5.74) is 0.480. The lowest BCUT2D eigenvalue weighted by Crippen LogP contribution is -2.33. The number of rotatable bonds is 7. The van der Waals surface area contributed by atoms with Gasteiger partial charge in [0.05, 0.1) is 6.20 Å². The van der Waals surface area contributed by atoms with Gasteiger partial charge in [-0.05, 0) is 6.42 Å². The lowest BCUT2D eigenvalue weighted by atomic mass is 10.1. The van der Waals surface area contributed by atoms with Gasteiger partial charge in [0.25, 0.3) is 0 Å². The predicted octanol–water partition coefficient (Wildman–Crippen LogP) is 1.24. The number of aryl methyl sites for hydroxylation is 1. The molecule has 6 nitrogen and oxygen atoms in total. The zero-order valence-corrected chi connectivity index (χ0v) is 10.7. The molecule has 6 heteroatoms. The molecule has 1 amide bonds. The van der Waals surface area contributed by atoms with Crippen LogP contribution in [0.4, 0.5) is 0 Å². The molecule has 2 N–H and O–H groups in total. The molecule has 0 aliphatic carbocycles. The number of nitrogens with zero attached hydrogens (tertiary/aromatic N) is 2. The average molecular weight is 253 g/mol. The summed E-state index contributed by atoms with van der Waals surface area (Å²) in [6.07, 6.45) is 6.17. The van der Waals surface area contributed by atoms with E-state index in [1.165, 1.54) is 10.9 Å². The first-order valence-electron chi connectivity index (χ1n) is 6.05. The van der Waals surface area contributed by atoms with E-state index in [0.29, 0.717) is 12.0 Å². The van der Waals surface area contributed by atoms with E-state index in [0.717, 1.165) is 19.3 Å². The van der Waals surface area contributed by atoms with Crippen molar-refractivity contribution in [2.45, 2.75) is 38.6 Å². The molecule has 0 saturated heterocycles. The van der Waals surface area contributed by atoms with E-state index in [4.69, 9.17) is 5.11 Å². The van der Waals surface area contributed by atoms with Crippen LogP contribution in [0.5, 0.6) is 0 Å². The standard InChI is InChI=1S/C12H19N3O3/c1-3-4-5-6-10(16)14-11(12(17)18)9-7-13-15(2)8-9/h7-8,11H,3-6H2,1-2H3,(H,14,16)(H,17,18). The van der Waals surface area contributed by atoms with E-state index in [1.807, 2.05) is 6.92 Å². The van der Waals surface area contributed by atoms with Crippen LogP contribution in [-0.2, 0) is 16.6 Å². The fraction of sp³-hybridized carbons (Fsp3) is 0.583. The Kier molecular flexibility index (Phi) is 5.35. The van der Waals surface area contributed by atoms with Crippen molar-refractivity contribution in [3.63, 3.8) is 0 Å². The Morgan fingerprint density at radius 3 is 2.72 bits per heavy atom. The van der Waals surface area contributed by atoms with Crippen LogP contribution in [0.3, 0.4) is 0 Å². The van der Waals surface area contributed by atoms with Crippen molar-refractivity contribution in [2.24, 2.45) is 7.05 Å². The minimum atomic E-state index is -1.08. The molecule has 0 spiro atoms. The highest BCUT2D eigenvalue weighted by atomic mass is 16.4. The number of unbranched alkanes of at least 4 members (excludes halogenated alkanes) is 2. The largest absolute Gasteiger partial charge is 0.479 e. The molecule has 1 rings (SSSR count). The van der Waals surface area contributed by atoms with E-state index < -0.39 is 12.0 Å². The molecule has 100 valence electrons. The molecule has 0 bridgehead atoms. The summed E-state index contributed by atoms with van der Waals surface area (Å²) in [5.74, 6) is -1.31. The van der Waals surface area contributed by atoms with E-state index in [9.17, 15) is 9.59 Å². The number of hydrogen-bond acceptors (Lipinski definition) is 3. The summed E-state index contributed by atoms with van der Waals surface area (Å²) < 4.78 is 1.51. The van der Waals surface area contributed by atoms with Gasteiger partial charge in [-0.15, -0.1) is 0 Å². The molecule has 0 radical (unpaired) electrons. The monoisotopic (exact) mass is 253 g/mol. The third-order valence-electron chi connectivity index (χ3n) is 2.62. The van der Waals surface area contributed by atoms with Crippen molar-refractivity contribution in [1.82, 2.24) is 15.1 Å². The number of nitrogens with one attached hydrogen (secondary N) is 1. The van der Waals surface area contributed by atoms with Gasteiger partial charge in [-0.2, -0.15) is 5.10 Å². The fourth-order valence-corrected chi connectivity index (χ4v) is 1.65. The van der Waals surface area contributed by atoms with Crippen molar-refractivity contribution in [3.8, 4) is 0 Å². The second-order valence-electron chi connectivity index (χ2n) is 4.24. The summed E-state index contributed by atoms with van der Waals surface area (Å²) in [4.78, 5) is 22.7. The quantitative estimate of drug-likeness (QED) is 0.716. The lowest BCUT2D eigenvalue weighted by molar-refractivity contribution is -0.142. The smallest absolute Gasteiger partial charge is 0.331 e. The Hall–Kier alpha value is -1.85. The third-order valence-corrected chi connectivity index (χ3v) is 2.62. The molecule has 0 aromatic carbocycles. The van der Waals surface area contributed by atoms with Gasteiger partial charge in [0.15, 0.2) is 6.04 Å². The first kappa shape index (κ1) is 14.2. The van der Waals surface area contributed by atoms with E-state index in [2.05, 4.69) is 10.4 Å². The first-order valence-corrected chi connectivity index (χ1v) is 6.05. The van der Waals surface area contributed by atoms with E-state index in [-0.39, 0.29) is 5.91 Å². The summed E-state index contributed by atoms with van der Waals surface area (Å²) in [5, 5.41) is 15.5. The molecule has 0 saturated carbocycles. The molecular weight excluding hydrogens is 234 g/mol. The summed E-state index contributed by atoms with van der Waals surface area (Å²) >= 11 is 0. The van der Waals surface area contributed by atoms with Crippen LogP contribution in [-0.4, -0.2) is 26.8 Å². The van der Waals surface area contributed by atoms with Crippen LogP contribution in [0.2, 0.25) is 0 Å². The lowest BCUT2D eigenvalue weighted by Gasteiger charge is -2.12. The van der Waals surface area contributed by atoms with Gasteiger partial charge >= 0.3 is 5.97 Å². The molecule has 0 aliphatic rings. The zero-order valence-electron chi connectivity index (χ0n) is 10.7. The minimum Gasteiger partial charge on any atom is -0.479 e. The second-order valence-corrected chi connectivity index (χ2v) is 4.24. The second kappa shape index (κ2) is 6.78. The summed E-state index contributed by atoms with van der Waals surface area (Å²) in [7, 11) is 1.70. The van der Waals surface area contributed by atoms with Gasteiger partial charge in [-0.3, -0.25) is 9.48 Å². The van der Waals surface area contributed by atoms with Crippen LogP contribution in [0.15, 0.2) is 12.4 Å². The molecule has 1 heterocycles. The number of hydrogen-bond donors (Lipinski definition) is 2. The van der Waals surface area contributed by atoms with Gasteiger partial charge in [0.1, 0.15) is 0 Å². The van der Waals surface area contributed by atoms with Crippen LogP contribution < -0.4 is 5.32 Å². The van der Waals surface area contributed by atoms with Gasteiger partial charge in [0, 0.05) is 25.2 Å². The molecule has 1 aromatic rings. The number of carboxylic acid groups (broad SMARTS) is 1. The highest BCUT2D eigenvalue weighted by Gasteiger charge is 2.22. The first-order chi connectivity index (χ1) is 8.54. The minimum absolute atomic E-state index is 0.236. The molecule has 18 heavy (non-hydrogen) atoms. The van der Waals surface area contributed by atoms with Gasteiger partial charge in [-0.1, -0.05) is 19.8 Å². The predicted molar refractivity (Wildman–Crippen MR) is 65.9 cm³/mol. The number of carboxylic acids is 1. The topological polar surface area (TPSA) is 84.2 Å². The fourth-order valence-electron chi connectivity index (χ4n) is 1.65. The zero-order chi connectivity index (χ0) is 13.5. The average Bonchev–Trinajstić information content (AvgIpc) is 2.72. The summed E-state index contributed by atoms with van der Waals surface area (Å²) in [6, 6.07) is -1.02.